The highest BCUT2D eigenvalue weighted by molar-refractivity contribution is 7.33. The van der Waals surface area contributed by atoms with Crippen molar-refractivity contribution in [2.24, 2.45) is 10.8 Å². The van der Waals surface area contributed by atoms with Crippen molar-refractivity contribution in [2.45, 2.75) is 40.5 Å². The van der Waals surface area contributed by atoms with Gasteiger partial charge in [0.1, 0.15) is 13.2 Å². The van der Waals surface area contributed by atoms with Gasteiger partial charge in [0, 0.05) is 15.4 Å². The van der Waals surface area contributed by atoms with E-state index < -0.39 is 19.1 Å². The van der Waals surface area contributed by atoms with Gasteiger partial charge < -0.3 is 0 Å². The molecule has 0 spiro atoms. The van der Waals surface area contributed by atoms with Gasteiger partial charge in [-0.3, -0.25) is 0 Å². The smallest absolute Gasteiger partial charge is 0.119 e. The summed E-state index contributed by atoms with van der Waals surface area (Å²) in [6, 6.07) is 0. The lowest BCUT2D eigenvalue weighted by molar-refractivity contribution is 0.251. The van der Waals surface area contributed by atoms with Gasteiger partial charge in [0.15, 0.2) is 0 Å². The third-order valence-corrected chi connectivity index (χ3v) is 4.84. The second-order valence-electron chi connectivity index (χ2n) is 7.37. The van der Waals surface area contributed by atoms with E-state index in [-0.39, 0.29) is 13.2 Å². The zero-order valence-electron chi connectivity index (χ0n) is 16.5. The first-order valence-corrected chi connectivity index (χ1v) is 9.33. The number of terminal acetylenes is 2. The van der Waals surface area contributed by atoms with Crippen LogP contribution in [-0.2, 0) is 13.6 Å². The van der Waals surface area contributed by atoms with Gasteiger partial charge in [0.2, 0.25) is 0 Å². The summed E-state index contributed by atoms with van der Waals surface area (Å²) in [5.41, 5.74) is 2.32. The van der Waals surface area contributed by atoms with Crippen LogP contribution in [0.5, 0.6) is 0 Å². The maximum atomic E-state index is 11.8. The molecule has 3 nitrogen and oxygen atoms in total. The molecule has 0 aromatic rings. The van der Waals surface area contributed by atoms with Crippen LogP contribution in [0.25, 0.3) is 0 Å². The summed E-state index contributed by atoms with van der Waals surface area (Å²) in [7, 11) is -2.27. The fourth-order valence-electron chi connectivity index (χ4n) is 1.68. The molecule has 0 saturated heterocycles. The summed E-state index contributed by atoms with van der Waals surface area (Å²) in [5, 5.41) is 0. The Morgan fingerprint density at radius 2 is 1.15 bits per heavy atom. The van der Waals surface area contributed by atoms with E-state index in [0.29, 0.717) is 12.8 Å². The molecular formula is C22H30O3P+. The second kappa shape index (κ2) is 10.3. The highest BCUT2D eigenvalue weighted by atomic mass is 31.1. The lowest BCUT2D eigenvalue weighted by Crippen LogP contribution is -2.12. The van der Waals surface area contributed by atoms with Gasteiger partial charge in [-0.05, 0) is 51.7 Å². The van der Waals surface area contributed by atoms with Crippen LogP contribution in [0.3, 0.4) is 0 Å². The predicted molar refractivity (Wildman–Crippen MR) is 111 cm³/mol. The molecule has 140 valence electrons. The molecule has 4 heteroatoms. The zero-order valence-corrected chi connectivity index (χ0v) is 17.4. The van der Waals surface area contributed by atoms with Crippen LogP contribution in [-0.4, -0.2) is 13.2 Å². The molecule has 0 radical (unpaired) electrons. The van der Waals surface area contributed by atoms with Crippen molar-refractivity contribution in [3.8, 4) is 24.7 Å². The topological polar surface area (TPSA) is 35.5 Å². The summed E-state index contributed by atoms with van der Waals surface area (Å²) < 4.78 is 22.2. The summed E-state index contributed by atoms with van der Waals surface area (Å²) in [4.78, 5) is 0. The SMILES string of the molecule is C#CC(C)(C)C(=C)CC(=C)CO[P+](=O)OCC(=C)CC(=C)C(C)(C)C#C. The van der Waals surface area contributed by atoms with Crippen molar-refractivity contribution in [3.05, 3.63) is 48.6 Å². The van der Waals surface area contributed by atoms with Crippen molar-refractivity contribution in [1.29, 1.82) is 0 Å². The van der Waals surface area contributed by atoms with Gasteiger partial charge in [-0.2, -0.15) is 0 Å². The van der Waals surface area contributed by atoms with E-state index in [9.17, 15) is 4.57 Å². The Bertz CT molecular complexity index is 623. The normalized spacial score (nSPS) is 11.2. The van der Waals surface area contributed by atoms with Crippen LogP contribution < -0.4 is 0 Å². The van der Waals surface area contributed by atoms with Crippen molar-refractivity contribution in [2.75, 3.05) is 13.2 Å². The Labute approximate surface area is 160 Å². The molecule has 0 aromatic carbocycles. The molecule has 0 N–H and O–H groups in total. The van der Waals surface area contributed by atoms with E-state index in [0.717, 1.165) is 22.3 Å². The van der Waals surface area contributed by atoms with Gasteiger partial charge in [0.25, 0.3) is 0 Å². The molecule has 0 aliphatic carbocycles. The average molecular weight is 373 g/mol. The molecule has 0 aliphatic rings. The fourth-order valence-corrected chi connectivity index (χ4v) is 2.33. The van der Waals surface area contributed by atoms with Crippen molar-refractivity contribution in [1.82, 2.24) is 0 Å². The molecule has 0 bridgehead atoms. The van der Waals surface area contributed by atoms with Crippen LogP contribution >= 0.6 is 8.25 Å². The lowest BCUT2D eigenvalue weighted by atomic mass is 9.83. The molecule has 0 unspecified atom stereocenters. The molecule has 0 saturated carbocycles. The van der Waals surface area contributed by atoms with E-state index in [1.165, 1.54) is 0 Å². The average Bonchev–Trinajstić information content (AvgIpc) is 2.57. The quantitative estimate of drug-likeness (QED) is 0.239. The van der Waals surface area contributed by atoms with Gasteiger partial charge in [-0.25, -0.2) is 0 Å². The highest BCUT2D eigenvalue weighted by Crippen LogP contribution is 2.32. The standard InChI is InChI=1S/C22H30O3P/c1-11-21(7,8)19(5)13-17(3)15-24-26(23)25-16-18(4)14-20(6)22(9,10)12-2/h1-2H,3-6,13-16H2,7-10H3/q+1. The number of hydrogen-bond acceptors (Lipinski definition) is 3. The van der Waals surface area contributed by atoms with Crippen LogP contribution in [0.15, 0.2) is 48.6 Å². The molecule has 0 heterocycles. The molecule has 0 rings (SSSR count). The van der Waals surface area contributed by atoms with Gasteiger partial charge in [-0.1, -0.05) is 49.3 Å². The maximum Gasteiger partial charge on any atom is 0.698 e. The minimum absolute atomic E-state index is 0.109. The Morgan fingerprint density at radius 3 is 1.42 bits per heavy atom. The maximum absolute atomic E-state index is 11.8. The first kappa shape index (κ1) is 24.1. The Kier molecular flexibility index (Phi) is 9.55. The van der Waals surface area contributed by atoms with Crippen molar-refractivity contribution in [3.63, 3.8) is 0 Å². The number of allylic oxidation sites excluding steroid dienone is 2. The van der Waals surface area contributed by atoms with E-state index in [1.54, 1.807) is 0 Å². The molecule has 0 amide bonds. The van der Waals surface area contributed by atoms with Crippen LogP contribution in [0.2, 0.25) is 0 Å². The summed E-state index contributed by atoms with van der Waals surface area (Å²) in [5.74, 6) is 5.36. The lowest BCUT2D eigenvalue weighted by Gasteiger charge is -2.21. The van der Waals surface area contributed by atoms with E-state index in [1.807, 2.05) is 27.7 Å². The summed E-state index contributed by atoms with van der Waals surface area (Å²) in [6.45, 7) is 23.6. The second-order valence-corrected chi connectivity index (χ2v) is 8.33. The minimum atomic E-state index is -2.27. The summed E-state index contributed by atoms with van der Waals surface area (Å²) in [6.07, 6.45) is 12.0. The predicted octanol–water partition coefficient (Wildman–Crippen LogP) is 6.00. The van der Waals surface area contributed by atoms with Crippen molar-refractivity contribution >= 4 is 8.25 Å². The molecule has 0 fully saturated rings. The van der Waals surface area contributed by atoms with Crippen molar-refractivity contribution < 1.29 is 13.6 Å². The molecule has 0 aromatic heterocycles. The summed E-state index contributed by atoms with van der Waals surface area (Å²) >= 11 is 0. The van der Waals surface area contributed by atoms with Gasteiger partial charge in [-0.15, -0.1) is 21.9 Å². The Hall–Kier alpha value is -1.90. The third kappa shape index (κ3) is 8.46. The fraction of sp³-hybridized carbons (Fsp3) is 0.455. The van der Waals surface area contributed by atoms with Gasteiger partial charge in [0.05, 0.1) is 0 Å². The first-order valence-electron chi connectivity index (χ1n) is 8.24. The van der Waals surface area contributed by atoms with E-state index >= 15 is 0 Å². The van der Waals surface area contributed by atoms with E-state index in [2.05, 4.69) is 38.2 Å². The number of rotatable bonds is 12. The minimum Gasteiger partial charge on any atom is -0.119 e. The van der Waals surface area contributed by atoms with Gasteiger partial charge >= 0.3 is 8.25 Å². The number of hydrogen-bond donors (Lipinski definition) is 0. The van der Waals surface area contributed by atoms with E-state index in [4.69, 9.17) is 21.9 Å². The molecule has 0 atom stereocenters. The Morgan fingerprint density at radius 1 is 0.846 bits per heavy atom. The van der Waals surface area contributed by atoms with Crippen LogP contribution in [0.1, 0.15) is 40.5 Å². The molecular weight excluding hydrogens is 343 g/mol. The third-order valence-electron chi connectivity index (χ3n) is 4.16. The first-order chi connectivity index (χ1) is 11.9. The molecule has 0 aliphatic heterocycles. The van der Waals surface area contributed by atoms with Crippen LogP contribution in [0, 0.1) is 35.5 Å². The highest BCUT2D eigenvalue weighted by Gasteiger charge is 2.24. The molecule has 26 heavy (non-hydrogen) atoms. The zero-order chi connectivity index (χ0) is 20.5. The largest absolute Gasteiger partial charge is 0.698 e. The Balaban J connectivity index is 4.26. The monoisotopic (exact) mass is 373 g/mol. The van der Waals surface area contributed by atoms with Crippen LogP contribution in [0.4, 0.5) is 0 Å².